The maximum atomic E-state index is 9.06. The first kappa shape index (κ1) is 15.2. The van der Waals surface area contributed by atoms with Gasteiger partial charge < -0.3 is 0 Å². The van der Waals surface area contributed by atoms with Gasteiger partial charge in [0.25, 0.3) is 0 Å². The average Bonchev–Trinajstić information content (AvgIpc) is 2.46. The van der Waals surface area contributed by atoms with Gasteiger partial charge >= 0.3 is 0 Å². The number of benzene rings is 2. The van der Waals surface area contributed by atoms with Gasteiger partial charge in [-0.25, -0.2) is 0 Å². The highest BCUT2D eigenvalue weighted by molar-refractivity contribution is 7.99. The van der Waals surface area contributed by atoms with E-state index in [2.05, 4.69) is 51.1 Å². The van der Waals surface area contributed by atoms with Gasteiger partial charge in [0.15, 0.2) is 0 Å². The zero-order valence-corrected chi connectivity index (χ0v) is 13.2. The molecule has 104 valence electrons. The number of nitrogens with zero attached hydrogens (tertiary/aromatic N) is 2. The van der Waals surface area contributed by atoms with Gasteiger partial charge in [0.2, 0.25) is 0 Å². The van der Waals surface area contributed by atoms with Crippen LogP contribution in [-0.4, -0.2) is 0 Å². The molecule has 0 bridgehead atoms. The largest absolute Gasteiger partial charge is 0.192 e. The third kappa shape index (κ3) is 3.66. The molecular weight excluding hydrogens is 276 g/mol. The molecule has 2 aromatic rings. The molecule has 0 saturated heterocycles. The maximum absolute atomic E-state index is 9.06. The highest BCUT2D eigenvalue weighted by atomic mass is 32.2. The zero-order chi connectivity index (χ0) is 15.5. The SMILES string of the molecule is CC(C)(C)c1ccc(Sc2ccc(C#N)c(C#N)c2)cc1. The van der Waals surface area contributed by atoms with Crippen LogP contribution in [0.3, 0.4) is 0 Å². The molecule has 0 fully saturated rings. The maximum Gasteiger partial charge on any atom is 0.101 e. The number of rotatable bonds is 2. The first-order valence-corrected chi connectivity index (χ1v) is 7.48. The van der Waals surface area contributed by atoms with Gasteiger partial charge in [-0.3, -0.25) is 0 Å². The minimum absolute atomic E-state index is 0.144. The molecule has 0 aliphatic carbocycles. The van der Waals surface area contributed by atoms with Crippen LogP contribution in [0.1, 0.15) is 37.5 Å². The van der Waals surface area contributed by atoms with Crippen molar-refractivity contribution < 1.29 is 0 Å². The van der Waals surface area contributed by atoms with Crippen molar-refractivity contribution in [2.75, 3.05) is 0 Å². The second-order valence-electron chi connectivity index (χ2n) is 5.81. The summed E-state index contributed by atoms with van der Waals surface area (Å²) in [5.41, 5.74) is 2.29. The van der Waals surface area contributed by atoms with Gasteiger partial charge in [0.1, 0.15) is 12.1 Å². The normalized spacial score (nSPS) is 10.7. The molecule has 0 amide bonds. The van der Waals surface area contributed by atoms with Crippen molar-refractivity contribution in [2.45, 2.75) is 36.0 Å². The Hall–Kier alpha value is -2.23. The lowest BCUT2D eigenvalue weighted by molar-refractivity contribution is 0.590. The third-order valence-electron chi connectivity index (χ3n) is 3.19. The molecule has 0 aliphatic rings. The van der Waals surface area contributed by atoms with E-state index in [1.807, 2.05) is 12.1 Å². The molecule has 2 nitrogen and oxygen atoms in total. The smallest absolute Gasteiger partial charge is 0.101 e. The predicted octanol–water partition coefficient (Wildman–Crippen LogP) is 4.88. The third-order valence-corrected chi connectivity index (χ3v) is 4.19. The molecular formula is C18H16N2S. The van der Waals surface area contributed by atoms with Crippen LogP contribution in [0.25, 0.3) is 0 Å². The number of nitriles is 2. The van der Waals surface area contributed by atoms with Crippen LogP contribution >= 0.6 is 11.8 Å². The van der Waals surface area contributed by atoms with Crippen molar-refractivity contribution in [1.82, 2.24) is 0 Å². The molecule has 2 rings (SSSR count). The average molecular weight is 292 g/mol. The predicted molar refractivity (Wildman–Crippen MR) is 85.1 cm³/mol. The summed E-state index contributed by atoms with van der Waals surface area (Å²) in [5, 5.41) is 18.0. The molecule has 0 spiro atoms. The van der Waals surface area contributed by atoms with Crippen molar-refractivity contribution in [2.24, 2.45) is 0 Å². The van der Waals surface area contributed by atoms with Gasteiger partial charge in [0, 0.05) is 9.79 Å². The van der Waals surface area contributed by atoms with E-state index < -0.39 is 0 Å². The van der Waals surface area contributed by atoms with E-state index >= 15 is 0 Å². The standard InChI is InChI=1S/C18H16N2S/c1-18(2,3)15-5-8-16(9-6-15)21-17-7-4-13(11-19)14(10-17)12-20/h4-10H,1-3H3. The Labute approximate surface area is 130 Å². The fraction of sp³-hybridized carbons (Fsp3) is 0.222. The van der Waals surface area contributed by atoms with E-state index in [4.69, 9.17) is 10.5 Å². The van der Waals surface area contributed by atoms with Crippen LogP contribution in [0, 0.1) is 22.7 Å². The Morgan fingerprint density at radius 3 is 1.90 bits per heavy atom. The van der Waals surface area contributed by atoms with E-state index in [9.17, 15) is 0 Å². The second-order valence-corrected chi connectivity index (χ2v) is 6.95. The summed E-state index contributed by atoms with van der Waals surface area (Å²) < 4.78 is 0. The van der Waals surface area contributed by atoms with Gasteiger partial charge in [-0.15, -0.1) is 0 Å². The lowest BCUT2D eigenvalue weighted by atomic mass is 9.87. The van der Waals surface area contributed by atoms with Crippen LogP contribution in [-0.2, 0) is 5.41 Å². The van der Waals surface area contributed by atoms with Crippen molar-refractivity contribution in [3.8, 4) is 12.1 Å². The van der Waals surface area contributed by atoms with Crippen LogP contribution in [0.2, 0.25) is 0 Å². The molecule has 21 heavy (non-hydrogen) atoms. The molecule has 0 aliphatic heterocycles. The van der Waals surface area contributed by atoms with Crippen molar-refractivity contribution in [1.29, 1.82) is 10.5 Å². The first-order chi connectivity index (χ1) is 9.94. The van der Waals surface area contributed by atoms with Crippen LogP contribution in [0.4, 0.5) is 0 Å². The molecule has 0 N–H and O–H groups in total. The molecule has 0 saturated carbocycles. The van der Waals surface area contributed by atoms with Gasteiger partial charge in [-0.1, -0.05) is 44.7 Å². The highest BCUT2D eigenvalue weighted by Crippen LogP contribution is 2.31. The highest BCUT2D eigenvalue weighted by Gasteiger charge is 2.13. The molecule has 2 aromatic carbocycles. The number of hydrogen-bond donors (Lipinski definition) is 0. The number of hydrogen-bond acceptors (Lipinski definition) is 3. The quantitative estimate of drug-likeness (QED) is 0.792. The lowest BCUT2D eigenvalue weighted by Gasteiger charge is -2.19. The van der Waals surface area contributed by atoms with E-state index in [1.165, 1.54) is 5.56 Å². The summed E-state index contributed by atoms with van der Waals surface area (Å²) in [6.07, 6.45) is 0. The Morgan fingerprint density at radius 1 is 0.810 bits per heavy atom. The molecule has 0 atom stereocenters. The Morgan fingerprint density at radius 2 is 1.38 bits per heavy atom. The summed E-state index contributed by atoms with van der Waals surface area (Å²) in [6.45, 7) is 6.57. The minimum atomic E-state index is 0.144. The van der Waals surface area contributed by atoms with Gasteiger partial charge in [-0.2, -0.15) is 10.5 Å². The van der Waals surface area contributed by atoms with Gasteiger partial charge in [-0.05, 0) is 41.3 Å². The summed E-state index contributed by atoms with van der Waals surface area (Å²) in [7, 11) is 0. The minimum Gasteiger partial charge on any atom is -0.192 e. The van der Waals surface area contributed by atoms with E-state index in [1.54, 1.807) is 23.9 Å². The molecule has 0 radical (unpaired) electrons. The zero-order valence-electron chi connectivity index (χ0n) is 12.3. The summed E-state index contributed by atoms with van der Waals surface area (Å²) in [4.78, 5) is 2.09. The summed E-state index contributed by atoms with van der Waals surface area (Å²) >= 11 is 1.60. The lowest BCUT2D eigenvalue weighted by Crippen LogP contribution is -2.10. The van der Waals surface area contributed by atoms with E-state index in [0.717, 1.165) is 9.79 Å². The Balaban J connectivity index is 2.23. The molecule has 0 unspecified atom stereocenters. The van der Waals surface area contributed by atoms with E-state index in [-0.39, 0.29) is 5.41 Å². The molecule has 0 aromatic heterocycles. The Kier molecular flexibility index (Phi) is 4.36. The van der Waals surface area contributed by atoms with E-state index in [0.29, 0.717) is 11.1 Å². The first-order valence-electron chi connectivity index (χ1n) is 6.66. The van der Waals surface area contributed by atoms with Crippen molar-refractivity contribution >= 4 is 11.8 Å². The van der Waals surface area contributed by atoms with Crippen LogP contribution in [0.5, 0.6) is 0 Å². The molecule has 0 heterocycles. The molecule has 3 heteroatoms. The van der Waals surface area contributed by atoms with Crippen LogP contribution in [0.15, 0.2) is 52.3 Å². The summed E-state index contributed by atoms with van der Waals surface area (Å²) in [5.74, 6) is 0. The van der Waals surface area contributed by atoms with Crippen molar-refractivity contribution in [3.05, 3.63) is 59.2 Å². The summed E-state index contributed by atoms with van der Waals surface area (Å²) in [6, 6.07) is 17.9. The topological polar surface area (TPSA) is 47.6 Å². The van der Waals surface area contributed by atoms with Gasteiger partial charge in [0.05, 0.1) is 11.1 Å². The fourth-order valence-corrected chi connectivity index (χ4v) is 2.79. The Bertz CT molecular complexity index is 726. The van der Waals surface area contributed by atoms with Crippen LogP contribution < -0.4 is 0 Å². The van der Waals surface area contributed by atoms with Crippen molar-refractivity contribution in [3.63, 3.8) is 0 Å². The fourth-order valence-electron chi connectivity index (χ4n) is 1.94. The monoisotopic (exact) mass is 292 g/mol. The second kappa shape index (κ2) is 6.04.